The van der Waals surface area contributed by atoms with Crippen LogP contribution in [0.25, 0.3) is 0 Å². The smallest absolute Gasteiger partial charge is 0.311 e. The summed E-state index contributed by atoms with van der Waals surface area (Å²) < 4.78 is 4.21. The molecule has 0 aliphatic carbocycles. The molecule has 0 aliphatic rings. The molecule has 0 N–H and O–H groups in total. The Hall–Kier alpha value is -0.790. The first-order valence-corrected chi connectivity index (χ1v) is 1.80. The molecular formula is C5H6O2. The van der Waals surface area contributed by atoms with Gasteiger partial charge in [-0.3, -0.25) is 4.79 Å². The van der Waals surface area contributed by atoms with E-state index in [0.29, 0.717) is 0 Å². The van der Waals surface area contributed by atoms with Crippen LogP contribution in [-0.4, -0.2) is 12.6 Å². The van der Waals surface area contributed by atoms with Crippen LogP contribution >= 0.6 is 0 Å². The predicted molar refractivity (Wildman–Crippen MR) is 25.5 cm³/mol. The average Bonchev–Trinajstić information content (AvgIpc) is 1.61. The highest BCUT2D eigenvalue weighted by Crippen LogP contribution is 1.72. The second kappa shape index (κ2) is 3.40. The summed E-state index contributed by atoms with van der Waals surface area (Å²) in [7, 11) is 0. The molecule has 0 fully saturated rings. The van der Waals surface area contributed by atoms with Crippen LogP contribution in [0.15, 0.2) is 12.7 Å². The van der Waals surface area contributed by atoms with Gasteiger partial charge < -0.3 is 4.74 Å². The summed E-state index contributed by atoms with van der Waals surface area (Å²) in [5, 5.41) is 0. The number of hydrogen-bond donors (Lipinski definition) is 0. The van der Waals surface area contributed by atoms with Crippen LogP contribution in [0.1, 0.15) is 0 Å². The minimum atomic E-state index is -0.764. The standard InChI is InChI=1S/C5H6O2/c1-3-4-7-5(2)6/h2-3H,1,4H2. The molecule has 0 spiro atoms. The van der Waals surface area contributed by atoms with Crippen LogP contribution in [0, 0.1) is 6.92 Å². The maximum atomic E-state index is 9.71. The van der Waals surface area contributed by atoms with Crippen molar-refractivity contribution in [2.24, 2.45) is 0 Å². The highest BCUT2D eigenvalue weighted by molar-refractivity contribution is 5.73. The Morgan fingerprint density at radius 3 is 2.71 bits per heavy atom. The van der Waals surface area contributed by atoms with E-state index in [1.807, 2.05) is 0 Å². The lowest BCUT2D eigenvalue weighted by atomic mass is 10.7. The van der Waals surface area contributed by atoms with Gasteiger partial charge in [0, 0.05) is 0 Å². The number of hydrogen-bond acceptors (Lipinski definition) is 2. The third-order valence-electron chi connectivity index (χ3n) is 0.343. The van der Waals surface area contributed by atoms with Gasteiger partial charge in [-0.15, -0.1) is 0 Å². The van der Waals surface area contributed by atoms with Gasteiger partial charge in [0.05, 0.1) is 6.92 Å². The SMILES string of the molecule is [CH]C(=O)OCC=C. The van der Waals surface area contributed by atoms with E-state index in [9.17, 15) is 4.79 Å². The summed E-state index contributed by atoms with van der Waals surface area (Å²) in [6.07, 6.45) is 1.45. The molecule has 0 saturated carbocycles. The molecule has 2 nitrogen and oxygen atoms in total. The fraction of sp³-hybridized carbons (Fsp3) is 0.200. The number of carbonyl (C=O) groups excluding carboxylic acids is 1. The van der Waals surface area contributed by atoms with E-state index >= 15 is 0 Å². The van der Waals surface area contributed by atoms with Gasteiger partial charge >= 0.3 is 5.97 Å². The van der Waals surface area contributed by atoms with E-state index < -0.39 is 5.97 Å². The third-order valence-corrected chi connectivity index (χ3v) is 0.343. The van der Waals surface area contributed by atoms with E-state index in [4.69, 9.17) is 0 Å². The first-order chi connectivity index (χ1) is 3.27. The Bertz CT molecular complexity index is 76.1. The highest BCUT2D eigenvalue weighted by atomic mass is 16.5. The molecule has 0 unspecified atom stereocenters. The summed E-state index contributed by atoms with van der Waals surface area (Å²) >= 11 is 0. The number of esters is 1. The Morgan fingerprint density at radius 1 is 2.00 bits per heavy atom. The van der Waals surface area contributed by atoms with E-state index in [1.165, 1.54) is 6.08 Å². The van der Waals surface area contributed by atoms with Crippen LogP contribution in [0.5, 0.6) is 0 Å². The van der Waals surface area contributed by atoms with Crippen LogP contribution in [0.4, 0.5) is 0 Å². The topological polar surface area (TPSA) is 26.3 Å². The van der Waals surface area contributed by atoms with Crippen molar-refractivity contribution in [2.45, 2.75) is 0 Å². The number of carbonyl (C=O) groups is 1. The predicted octanol–water partition coefficient (Wildman–Crippen LogP) is 0.427. The lowest BCUT2D eigenvalue weighted by Crippen LogP contribution is -1.96. The average molecular weight is 98.1 g/mol. The zero-order valence-corrected chi connectivity index (χ0v) is 3.89. The molecule has 0 heterocycles. The summed E-state index contributed by atoms with van der Waals surface area (Å²) in [6.45, 7) is 8.06. The fourth-order valence-corrected chi connectivity index (χ4v) is 0.141. The summed E-state index contributed by atoms with van der Waals surface area (Å²) in [6, 6.07) is 0. The largest absolute Gasteiger partial charge is 0.461 e. The van der Waals surface area contributed by atoms with Crippen molar-refractivity contribution < 1.29 is 9.53 Å². The van der Waals surface area contributed by atoms with E-state index in [2.05, 4.69) is 18.2 Å². The van der Waals surface area contributed by atoms with Crippen LogP contribution in [0.3, 0.4) is 0 Å². The van der Waals surface area contributed by atoms with Gasteiger partial charge in [0.25, 0.3) is 0 Å². The molecule has 7 heavy (non-hydrogen) atoms. The van der Waals surface area contributed by atoms with Crippen molar-refractivity contribution in [3.8, 4) is 0 Å². The molecule has 0 aromatic rings. The van der Waals surface area contributed by atoms with Crippen LogP contribution in [0.2, 0.25) is 0 Å². The van der Waals surface area contributed by atoms with Crippen molar-refractivity contribution in [3.05, 3.63) is 19.6 Å². The Labute approximate surface area is 42.8 Å². The molecule has 2 heteroatoms. The van der Waals surface area contributed by atoms with Gasteiger partial charge in [0.1, 0.15) is 6.61 Å². The second-order valence-corrected chi connectivity index (χ2v) is 0.919. The molecule has 0 aromatic carbocycles. The van der Waals surface area contributed by atoms with Crippen molar-refractivity contribution >= 4 is 5.97 Å². The quantitative estimate of drug-likeness (QED) is 0.369. The molecule has 0 bridgehead atoms. The highest BCUT2D eigenvalue weighted by Gasteiger charge is 1.84. The fourth-order valence-electron chi connectivity index (χ4n) is 0.141. The van der Waals surface area contributed by atoms with E-state index in [0.717, 1.165) is 0 Å². The molecule has 0 saturated heterocycles. The van der Waals surface area contributed by atoms with E-state index in [1.54, 1.807) is 0 Å². The first-order valence-electron chi connectivity index (χ1n) is 1.80. The lowest BCUT2D eigenvalue weighted by Gasteiger charge is -1.90. The normalized spacial score (nSPS) is 7.57. The zero-order valence-electron chi connectivity index (χ0n) is 3.89. The molecule has 0 rings (SSSR count). The Morgan fingerprint density at radius 2 is 2.57 bits per heavy atom. The van der Waals surface area contributed by atoms with Gasteiger partial charge in [0.2, 0.25) is 0 Å². The van der Waals surface area contributed by atoms with E-state index in [-0.39, 0.29) is 6.61 Å². The van der Waals surface area contributed by atoms with Crippen LogP contribution in [-0.2, 0) is 9.53 Å². The van der Waals surface area contributed by atoms with Crippen molar-refractivity contribution in [1.82, 2.24) is 0 Å². The molecule has 0 aliphatic heterocycles. The molecule has 38 valence electrons. The molecule has 0 atom stereocenters. The van der Waals surface area contributed by atoms with Gasteiger partial charge in [0.15, 0.2) is 0 Å². The summed E-state index contributed by atoms with van der Waals surface area (Å²) in [4.78, 5) is 9.71. The van der Waals surface area contributed by atoms with Crippen LogP contribution < -0.4 is 0 Å². The zero-order chi connectivity index (χ0) is 5.70. The minimum Gasteiger partial charge on any atom is -0.461 e. The van der Waals surface area contributed by atoms with Gasteiger partial charge in [-0.25, -0.2) is 0 Å². The minimum absolute atomic E-state index is 0.190. The Balaban J connectivity index is 2.97. The number of rotatable bonds is 2. The van der Waals surface area contributed by atoms with Crippen molar-refractivity contribution in [3.63, 3.8) is 0 Å². The third kappa shape index (κ3) is 5.21. The van der Waals surface area contributed by atoms with Gasteiger partial charge in [-0.1, -0.05) is 12.7 Å². The van der Waals surface area contributed by atoms with Crippen molar-refractivity contribution in [2.75, 3.05) is 6.61 Å². The monoisotopic (exact) mass is 98.0 g/mol. The van der Waals surface area contributed by atoms with Gasteiger partial charge in [-0.05, 0) is 0 Å². The first kappa shape index (κ1) is 6.21. The lowest BCUT2D eigenvalue weighted by molar-refractivity contribution is -0.136. The second-order valence-electron chi connectivity index (χ2n) is 0.919. The maximum Gasteiger partial charge on any atom is 0.311 e. The summed E-state index contributed by atoms with van der Waals surface area (Å²) in [5.41, 5.74) is 0. The molecule has 0 aromatic heterocycles. The molecule has 0 amide bonds. The number of ether oxygens (including phenoxy) is 1. The van der Waals surface area contributed by atoms with Gasteiger partial charge in [-0.2, -0.15) is 0 Å². The molecular weight excluding hydrogens is 92.1 g/mol. The molecule has 2 radical (unpaired) electrons. The Kier molecular flexibility index (Phi) is 3.02. The summed E-state index contributed by atoms with van der Waals surface area (Å²) in [5.74, 6) is -0.764. The maximum absolute atomic E-state index is 9.71. The van der Waals surface area contributed by atoms with Crippen molar-refractivity contribution in [1.29, 1.82) is 0 Å².